The van der Waals surface area contributed by atoms with Gasteiger partial charge < -0.3 is 10.1 Å². The van der Waals surface area contributed by atoms with Crippen LogP contribution in [0.2, 0.25) is 0 Å². The molecule has 1 heterocycles. The third kappa shape index (κ3) is 3.70. The SMILES string of the molecule is CNCc1cnccc1OCC1CCCCC1. The number of ether oxygens (including phenoxy) is 1. The zero-order valence-electron chi connectivity index (χ0n) is 10.6. The topological polar surface area (TPSA) is 34.2 Å². The Bertz CT molecular complexity index is 335. The fourth-order valence-electron chi connectivity index (χ4n) is 2.44. The van der Waals surface area contributed by atoms with Crippen LogP contribution in [0.3, 0.4) is 0 Å². The van der Waals surface area contributed by atoms with Gasteiger partial charge in [0, 0.05) is 24.5 Å². The minimum Gasteiger partial charge on any atom is -0.493 e. The molecule has 3 nitrogen and oxygen atoms in total. The van der Waals surface area contributed by atoms with E-state index in [-0.39, 0.29) is 0 Å². The van der Waals surface area contributed by atoms with E-state index in [4.69, 9.17) is 4.74 Å². The molecular weight excluding hydrogens is 212 g/mol. The largest absolute Gasteiger partial charge is 0.493 e. The van der Waals surface area contributed by atoms with Gasteiger partial charge in [-0.05, 0) is 31.9 Å². The molecule has 1 aromatic heterocycles. The van der Waals surface area contributed by atoms with Gasteiger partial charge in [0.15, 0.2) is 0 Å². The van der Waals surface area contributed by atoms with Crippen molar-refractivity contribution in [2.24, 2.45) is 5.92 Å². The monoisotopic (exact) mass is 234 g/mol. The predicted molar refractivity (Wildman–Crippen MR) is 69.1 cm³/mol. The summed E-state index contributed by atoms with van der Waals surface area (Å²) < 4.78 is 5.95. The van der Waals surface area contributed by atoms with Crippen LogP contribution in [0, 0.1) is 5.92 Å². The first-order valence-electron chi connectivity index (χ1n) is 6.60. The van der Waals surface area contributed by atoms with Crippen molar-refractivity contribution in [2.75, 3.05) is 13.7 Å². The maximum Gasteiger partial charge on any atom is 0.126 e. The Balaban J connectivity index is 1.88. The quantitative estimate of drug-likeness (QED) is 0.850. The molecule has 3 heteroatoms. The Labute approximate surface area is 104 Å². The number of hydrogen-bond acceptors (Lipinski definition) is 3. The third-order valence-corrected chi connectivity index (χ3v) is 3.43. The molecule has 1 aliphatic carbocycles. The van der Waals surface area contributed by atoms with Crippen molar-refractivity contribution in [1.82, 2.24) is 10.3 Å². The third-order valence-electron chi connectivity index (χ3n) is 3.43. The average molecular weight is 234 g/mol. The van der Waals surface area contributed by atoms with E-state index in [0.29, 0.717) is 0 Å². The van der Waals surface area contributed by atoms with Crippen LogP contribution in [-0.4, -0.2) is 18.6 Å². The predicted octanol–water partition coefficient (Wildman–Crippen LogP) is 2.76. The molecule has 0 bridgehead atoms. The van der Waals surface area contributed by atoms with E-state index in [9.17, 15) is 0 Å². The van der Waals surface area contributed by atoms with E-state index in [1.165, 1.54) is 32.1 Å². The van der Waals surface area contributed by atoms with Gasteiger partial charge in [-0.3, -0.25) is 4.98 Å². The number of hydrogen-bond donors (Lipinski definition) is 1. The molecule has 2 rings (SSSR count). The van der Waals surface area contributed by atoms with Crippen LogP contribution < -0.4 is 10.1 Å². The summed E-state index contributed by atoms with van der Waals surface area (Å²) in [6.07, 6.45) is 10.5. The lowest BCUT2D eigenvalue weighted by atomic mass is 9.90. The van der Waals surface area contributed by atoms with Gasteiger partial charge in [0.2, 0.25) is 0 Å². The van der Waals surface area contributed by atoms with Crippen molar-refractivity contribution in [3.05, 3.63) is 24.0 Å². The normalized spacial score (nSPS) is 17.0. The van der Waals surface area contributed by atoms with Crippen molar-refractivity contribution >= 4 is 0 Å². The lowest BCUT2D eigenvalue weighted by Gasteiger charge is -2.22. The van der Waals surface area contributed by atoms with Crippen molar-refractivity contribution in [3.8, 4) is 5.75 Å². The summed E-state index contributed by atoms with van der Waals surface area (Å²) in [4.78, 5) is 4.14. The summed E-state index contributed by atoms with van der Waals surface area (Å²) in [6, 6.07) is 1.97. The molecule has 1 fully saturated rings. The van der Waals surface area contributed by atoms with E-state index in [0.717, 1.165) is 30.4 Å². The van der Waals surface area contributed by atoms with Crippen molar-refractivity contribution in [2.45, 2.75) is 38.6 Å². The Morgan fingerprint density at radius 2 is 2.18 bits per heavy atom. The minimum atomic E-state index is 0.749. The van der Waals surface area contributed by atoms with E-state index in [1.807, 2.05) is 19.3 Å². The first-order chi connectivity index (χ1) is 8.40. The molecule has 1 aliphatic rings. The molecule has 0 unspecified atom stereocenters. The molecule has 0 aliphatic heterocycles. The first kappa shape index (κ1) is 12.4. The van der Waals surface area contributed by atoms with Crippen LogP contribution in [0.25, 0.3) is 0 Å². The molecule has 0 saturated heterocycles. The Morgan fingerprint density at radius 1 is 1.35 bits per heavy atom. The summed E-state index contributed by atoms with van der Waals surface area (Å²) >= 11 is 0. The molecule has 0 atom stereocenters. The number of nitrogens with one attached hydrogen (secondary N) is 1. The van der Waals surface area contributed by atoms with Gasteiger partial charge in [0.05, 0.1) is 6.61 Å². The number of nitrogens with zero attached hydrogens (tertiary/aromatic N) is 1. The average Bonchev–Trinajstić information content (AvgIpc) is 2.39. The molecule has 1 saturated carbocycles. The Hall–Kier alpha value is -1.09. The molecular formula is C14H22N2O. The second-order valence-electron chi connectivity index (χ2n) is 4.83. The summed E-state index contributed by atoms with van der Waals surface area (Å²) in [5.74, 6) is 1.74. The maximum atomic E-state index is 5.95. The van der Waals surface area contributed by atoms with Crippen LogP contribution in [0.5, 0.6) is 5.75 Å². The standard InChI is InChI=1S/C14H22N2O/c1-15-9-13-10-16-8-7-14(13)17-11-12-5-3-2-4-6-12/h7-8,10,12,15H,2-6,9,11H2,1H3. The van der Waals surface area contributed by atoms with E-state index < -0.39 is 0 Å². The van der Waals surface area contributed by atoms with Crippen LogP contribution in [0.4, 0.5) is 0 Å². The van der Waals surface area contributed by atoms with Gasteiger partial charge in [-0.1, -0.05) is 19.3 Å². The van der Waals surface area contributed by atoms with Crippen LogP contribution in [0.15, 0.2) is 18.5 Å². The van der Waals surface area contributed by atoms with E-state index in [1.54, 1.807) is 6.20 Å². The molecule has 0 amide bonds. The highest BCUT2D eigenvalue weighted by Gasteiger charge is 2.14. The second-order valence-corrected chi connectivity index (χ2v) is 4.83. The van der Waals surface area contributed by atoms with Gasteiger partial charge in [-0.2, -0.15) is 0 Å². The fourth-order valence-corrected chi connectivity index (χ4v) is 2.44. The van der Waals surface area contributed by atoms with Crippen LogP contribution in [-0.2, 0) is 6.54 Å². The summed E-state index contributed by atoms with van der Waals surface area (Å²) in [6.45, 7) is 1.68. The summed E-state index contributed by atoms with van der Waals surface area (Å²) in [7, 11) is 1.94. The molecule has 0 aromatic carbocycles. The van der Waals surface area contributed by atoms with Crippen molar-refractivity contribution in [1.29, 1.82) is 0 Å². The van der Waals surface area contributed by atoms with E-state index in [2.05, 4.69) is 10.3 Å². The van der Waals surface area contributed by atoms with Gasteiger partial charge in [0.1, 0.15) is 5.75 Å². The number of aromatic nitrogens is 1. The molecule has 1 aromatic rings. The molecule has 17 heavy (non-hydrogen) atoms. The summed E-state index contributed by atoms with van der Waals surface area (Å²) in [5.41, 5.74) is 1.14. The highest BCUT2D eigenvalue weighted by molar-refractivity contribution is 5.29. The zero-order chi connectivity index (χ0) is 11.9. The van der Waals surface area contributed by atoms with Crippen LogP contribution in [0.1, 0.15) is 37.7 Å². The number of pyridine rings is 1. The lowest BCUT2D eigenvalue weighted by Crippen LogP contribution is -2.16. The maximum absolute atomic E-state index is 5.95. The lowest BCUT2D eigenvalue weighted by molar-refractivity contribution is 0.207. The van der Waals surface area contributed by atoms with Gasteiger partial charge in [-0.25, -0.2) is 0 Å². The highest BCUT2D eigenvalue weighted by atomic mass is 16.5. The second kappa shape index (κ2) is 6.60. The molecule has 0 radical (unpaired) electrons. The number of rotatable bonds is 5. The first-order valence-corrected chi connectivity index (χ1v) is 6.60. The Kier molecular flexibility index (Phi) is 4.80. The fraction of sp³-hybridized carbons (Fsp3) is 0.643. The van der Waals surface area contributed by atoms with Crippen molar-refractivity contribution < 1.29 is 4.74 Å². The van der Waals surface area contributed by atoms with Crippen molar-refractivity contribution in [3.63, 3.8) is 0 Å². The van der Waals surface area contributed by atoms with E-state index >= 15 is 0 Å². The Morgan fingerprint density at radius 3 is 2.94 bits per heavy atom. The minimum absolute atomic E-state index is 0.749. The van der Waals surface area contributed by atoms with Crippen LogP contribution >= 0.6 is 0 Å². The molecule has 0 spiro atoms. The molecule has 1 N–H and O–H groups in total. The highest BCUT2D eigenvalue weighted by Crippen LogP contribution is 2.25. The molecule has 94 valence electrons. The van der Waals surface area contributed by atoms with Gasteiger partial charge >= 0.3 is 0 Å². The smallest absolute Gasteiger partial charge is 0.126 e. The van der Waals surface area contributed by atoms with Gasteiger partial charge in [-0.15, -0.1) is 0 Å². The summed E-state index contributed by atoms with van der Waals surface area (Å²) in [5, 5.41) is 3.14. The zero-order valence-corrected chi connectivity index (χ0v) is 10.6. The van der Waals surface area contributed by atoms with Gasteiger partial charge in [0.25, 0.3) is 0 Å².